The second-order valence-electron chi connectivity index (χ2n) is 4.14. The number of hydrogen-bond donors (Lipinski definition) is 4. The zero-order valence-electron chi connectivity index (χ0n) is 11.1. The number of fused-ring (bicyclic) bond motifs is 1. The van der Waals surface area contributed by atoms with Crippen LogP contribution in [0, 0.1) is 0 Å². The summed E-state index contributed by atoms with van der Waals surface area (Å²) in [5.74, 6) is 5.06. The average Bonchev–Trinajstić information content (AvgIpc) is 2.50. The molecule has 6 N–H and O–H groups in total. The first-order valence-corrected chi connectivity index (χ1v) is 6.18. The Morgan fingerprint density at radius 3 is 2.76 bits per heavy atom. The minimum atomic E-state index is -0.886. The Morgan fingerprint density at radius 2 is 2.05 bits per heavy atom. The fraction of sp³-hybridized carbons (Fsp3) is 0.154. The second kappa shape index (κ2) is 6.53. The van der Waals surface area contributed by atoms with Crippen LogP contribution in [0.4, 0.5) is 10.5 Å². The van der Waals surface area contributed by atoms with E-state index < -0.39 is 12.0 Å². The number of para-hydroxylation sites is 1. The third kappa shape index (κ3) is 3.57. The number of nitrogens with one attached hydrogen (secondary N) is 2. The summed E-state index contributed by atoms with van der Waals surface area (Å²) in [6, 6.07) is 8.85. The van der Waals surface area contributed by atoms with Gasteiger partial charge in [0.05, 0.1) is 17.7 Å². The molecule has 0 saturated heterocycles. The summed E-state index contributed by atoms with van der Waals surface area (Å²) in [4.78, 5) is 26.6. The Labute approximate surface area is 120 Å². The lowest BCUT2D eigenvalue weighted by Gasteiger charge is -2.09. The molecule has 8 heteroatoms. The van der Waals surface area contributed by atoms with Crippen LogP contribution in [-0.2, 0) is 4.74 Å². The Kier molecular flexibility index (Phi) is 4.52. The molecule has 2 amide bonds. The fourth-order valence-corrected chi connectivity index (χ4v) is 1.82. The first kappa shape index (κ1) is 14.5. The van der Waals surface area contributed by atoms with Gasteiger partial charge in [-0.25, -0.2) is 9.78 Å². The molecular weight excluding hydrogens is 274 g/mol. The van der Waals surface area contributed by atoms with E-state index in [0.717, 1.165) is 5.39 Å². The molecule has 8 nitrogen and oxygen atoms in total. The molecule has 0 aliphatic carbocycles. The molecule has 1 aromatic heterocycles. The van der Waals surface area contributed by atoms with Crippen molar-refractivity contribution in [3.05, 3.63) is 36.0 Å². The van der Waals surface area contributed by atoms with Crippen molar-refractivity contribution < 1.29 is 14.3 Å². The highest BCUT2D eigenvalue weighted by atomic mass is 16.5. The zero-order chi connectivity index (χ0) is 15.2. The van der Waals surface area contributed by atoms with Gasteiger partial charge in [0.2, 0.25) is 0 Å². The number of aromatic nitrogens is 1. The third-order valence-electron chi connectivity index (χ3n) is 2.74. The highest BCUT2D eigenvalue weighted by Gasteiger charge is 2.11. The van der Waals surface area contributed by atoms with Crippen LogP contribution in [0.2, 0.25) is 0 Å². The minimum Gasteiger partial charge on any atom is -0.448 e. The van der Waals surface area contributed by atoms with E-state index in [0.29, 0.717) is 11.2 Å². The molecular formula is C13H15N5O3. The van der Waals surface area contributed by atoms with Crippen molar-refractivity contribution in [1.82, 2.24) is 10.3 Å². The molecule has 0 radical (unpaired) electrons. The van der Waals surface area contributed by atoms with Crippen molar-refractivity contribution in [2.75, 3.05) is 18.6 Å². The van der Waals surface area contributed by atoms with Crippen LogP contribution in [0.3, 0.4) is 0 Å². The summed E-state index contributed by atoms with van der Waals surface area (Å²) in [6.45, 7) is 0.137. The molecule has 0 unspecified atom stereocenters. The predicted molar refractivity (Wildman–Crippen MR) is 77.4 cm³/mol. The monoisotopic (exact) mass is 289 g/mol. The molecule has 0 fully saturated rings. The van der Waals surface area contributed by atoms with Gasteiger partial charge in [-0.15, -0.1) is 0 Å². The number of nitrogens with zero attached hydrogens (tertiary/aromatic N) is 1. The van der Waals surface area contributed by atoms with Gasteiger partial charge < -0.3 is 21.2 Å². The van der Waals surface area contributed by atoms with E-state index in [1.807, 2.05) is 18.2 Å². The van der Waals surface area contributed by atoms with Gasteiger partial charge in [-0.3, -0.25) is 10.6 Å². The van der Waals surface area contributed by atoms with Crippen molar-refractivity contribution in [1.29, 1.82) is 0 Å². The number of hydrazine groups is 1. The Hall–Kier alpha value is -2.87. The van der Waals surface area contributed by atoms with Crippen LogP contribution in [0.15, 0.2) is 30.3 Å². The molecule has 110 valence electrons. The van der Waals surface area contributed by atoms with Gasteiger partial charge in [0.1, 0.15) is 12.3 Å². The van der Waals surface area contributed by atoms with Crippen molar-refractivity contribution in [2.24, 2.45) is 11.6 Å². The number of primary amides is 1. The van der Waals surface area contributed by atoms with E-state index in [1.54, 1.807) is 12.1 Å². The maximum Gasteiger partial charge on any atom is 0.404 e. The standard InChI is InChI=1S/C13H15N5O3/c14-13(20)21-6-5-16-12(19)11-7-10(18-15)8-3-1-2-4-9(8)17-11/h1-4,7H,5-6,15H2,(H2,14,20)(H,16,19)(H,17,18). The molecule has 0 atom stereocenters. The Bertz CT molecular complexity index is 674. The number of rotatable bonds is 5. The Morgan fingerprint density at radius 1 is 1.29 bits per heavy atom. The van der Waals surface area contributed by atoms with Crippen LogP contribution < -0.4 is 22.3 Å². The molecule has 1 aromatic carbocycles. The van der Waals surface area contributed by atoms with Crippen molar-refractivity contribution in [3.63, 3.8) is 0 Å². The van der Waals surface area contributed by atoms with E-state index >= 15 is 0 Å². The summed E-state index contributed by atoms with van der Waals surface area (Å²) in [7, 11) is 0. The predicted octanol–water partition coefficient (Wildman–Crippen LogP) is 0.346. The van der Waals surface area contributed by atoms with Gasteiger partial charge >= 0.3 is 6.09 Å². The van der Waals surface area contributed by atoms with Gasteiger partial charge in [0.25, 0.3) is 5.91 Å². The van der Waals surface area contributed by atoms with Gasteiger partial charge in [0.15, 0.2) is 0 Å². The third-order valence-corrected chi connectivity index (χ3v) is 2.74. The molecule has 0 aliphatic rings. The normalized spacial score (nSPS) is 10.1. The van der Waals surface area contributed by atoms with Crippen LogP contribution in [0.25, 0.3) is 10.9 Å². The lowest BCUT2D eigenvalue weighted by molar-refractivity contribution is 0.0932. The van der Waals surface area contributed by atoms with E-state index in [9.17, 15) is 9.59 Å². The first-order chi connectivity index (χ1) is 10.1. The van der Waals surface area contributed by atoms with Gasteiger partial charge in [-0.1, -0.05) is 18.2 Å². The van der Waals surface area contributed by atoms with E-state index in [4.69, 9.17) is 11.6 Å². The smallest absolute Gasteiger partial charge is 0.404 e. The topological polar surface area (TPSA) is 132 Å². The largest absolute Gasteiger partial charge is 0.448 e. The average molecular weight is 289 g/mol. The molecule has 0 saturated carbocycles. The fourth-order valence-electron chi connectivity index (χ4n) is 1.82. The highest BCUT2D eigenvalue weighted by molar-refractivity contribution is 5.99. The minimum absolute atomic E-state index is 0.00332. The maximum absolute atomic E-state index is 12.0. The quantitative estimate of drug-likeness (QED) is 0.356. The van der Waals surface area contributed by atoms with Gasteiger partial charge in [-0.2, -0.15) is 0 Å². The highest BCUT2D eigenvalue weighted by Crippen LogP contribution is 2.22. The van der Waals surface area contributed by atoms with E-state index in [2.05, 4.69) is 20.5 Å². The van der Waals surface area contributed by atoms with Crippen molar-refractivity contribution >= 4 is 28.6 Å². The molecule has 0 aliphatic heterocycles. The molecule has 0 spiro atoms. The lowest BCUT2D eigenvalue weighted by atomic mass is 10.1. The number of amides is 2. The SMILES string of the molecule is NNc1cc(C(=O)NCCOC(N)=O)nc2ccccc12. The first-order valence-electron chi connectivity index (χ1n) is 6.18. The van der Waals surface area contributed by atoms with Crippen molar-refractivity contribution in [2.45, 2.75) is 0 Å². The number of ether oxygens (including phenoxy) is 1. The summed E-state index contributed by atoms with van der Waals surface area (Å²) in [5, 5.41) is 3.38. The molecule has 1 heterocycles. The summed E-state index contributed by atoms with van der Waals surface area (Å²) in [5.41, 5.74) is 8.80. The number of nitrogens with two attached hydrogens (primary N) is 2. The van der Waals surface area contributed by atoms with Crippen LogP contribution >= 0.6 is 0 Å². The van der Waals surface area contributed by atoms with E-state index in [1.165, 1.54) is 0 Å². The number of pyridine rings is 1. The van der Waals surface area contributed by atoms with Gasteiger partial charge in [-0.05, 0) is 12.1 Å². The number of benzene rings is 1. The number of nitrogen functional groups attached to an aromatic ring is 1. The number of carbonyl (C=O) groups is 2. The maximum atomic E-state index is 12.0. The molecule has 2 rings (SSSR count). The van der Waals surface area contributed by atoms with Crippen LogP contribution in [0.5, 0.6) is 0 Å². The van der Waals surface area contributed by atoms with Crippen LogP contribution in [0.1, 0.15) is 10.5 Å². The Balaban J connectivity index is 2.14. The number of anilines is 1. The van der Waals surface area contributed by atoms with Crippen molar-refractivity contribution in [3.8, 4) is 0 Å². The summed E-state index contributed by atoms with van der Waals surface area (Å²) in [6.07, 6.45) is -0.886. The van der Waals surface area contributed by atoms with E-state index in [-0.39, 0.29) is 18.8 Å². The molecule has 21 heavy (non-hydrogen) atoms. The number of carbonyl (C=O) groups excluding carboxylic acids is 2. The zero-order valence-corrected chi connectivity index (χ0v) is 11.1. The lowest BCUT2D eigenvalue weighted by Crippen LogP contribution is -2.29. The molecule has 0 bridgehead atoms. The van der Waals surface area contributed by atoms with Crippen LogP contribution in [-0.4, -0.2) is 30.1 Å². The number of hydrogen-bond acceptors (Lipinski definition) is 6. The summed E-state index contributed by atoms with van der Waals surface area (Å²) < 4.78 is 4.51. The van der Waals surface area contributed by atoms with Gasteiger partial charge in [0, 0.05) is 5.39 Å². The second-order valence-corrected chi connectivity index (χ2v) is 4.14. The summed E-state index contributed by atoms with van der Waals surface area (Å²) >= 11 is 0. The molecule has 2 aromatic rings.